The number of nitrogens with one attached hydrogen (secondary N) is 1. The number of nitrogens with zero attached hydrogens (tertiary/aromatic N) is 3. The normalized spacial score (nSPS) is 31.8. The van der Waals surface area contributed by atoms with Crippen molar-refractivity contribution in [2.75, 3.05) is 27.3 Å². The summed E-state index contributed by atoms with van der Waals surface area (Å²) in [4.78, 5) is 28.2. The number of aliphatic hydroxyl groups excluding tert-OH is 3. The smallest absolute Gasteiger partial charge is 0.340 e. The number of aliphatic hydroxyl groups is 3. The average Bonchev–Trinajstić information content (AvgIpc) is 2.75. The summed E-state index contributed by atoms with van der Waals surface area (Å²) in [6.07, 6.45) is -0.270. The number of hydrogen-bond donors (Lipinski definition) is 4. The number of ether oxygens (including phenoxy) is 1. The van der Waals surface area contributed by atoms with Crippen LogP contribution in [0.15, 0.2) is 29.1 Å². The van der Waals surface area contributed by atoms with E-state index < -0.39 is 43.2 Å². The number of hydroxylamine groups is 2. The minimum Gasteiger partial charge on any atom is -0.394 e. The van der Waals surface area contributed by atoms with Crippen LogP contribution in [0, 0.1) is 10.8 Å². The first-order valence-corrected chi connectivity index (χ1v) is 9.87. The molecule has 0 radical (unpaired) electrons. The Labute approximate surface area is 175 Å². The van der Waals surface area contributed by atoms with Crippen molar-refractivity contribution in [3.05, 3.63) is 28.7 Å². The van der Waals surface area contributed by atoms with Gasteiger partial charge in [-0.1, -0.05) is 23.8 Å². The van der Waals surface area contributed by atoms with Crippen molar-refractivity contribution in [2.24, 2.45) is 11.2 Å². The number of carbonyl (C=O) groups is 1. The Hall–Kier alpha value is -1.89. The van der Waals surface area contributed by atoms with Crippen molar-refractivity contribution in [1.29, 1.82) is 0 Å². The Morgan fingerprint density at radius 1 is 1.43 bits per heavy atom. The first-order chi connectivity index (χ1) is 14.2. The maximum Gasteiger partial charge on any atom is 0.340 e. The van der Waals surface area contributed by atoms with E-state index in [0.29, 0.717) is 17.5 Å². The molecule has 1 aliphatic heterocycles. The SMILES string of the molecule is C=C(C)[C@@H]1CC=C(CN(OC)[C@@H]2O[C@H](CO)[C@@H](O)[C@H](O)[C@H]2NC(=O)N(C)N=O)CC1. The van der Waals surface area contributed by atoms with Crippen LogP contribution in [-0.4, -0.2) is 89.3 Å². The fraction of sp³-hybridized carbons (Fsp3) is 0.737. The molecular weight excluding hydrogens is 396 g/mol. The minimum atomic E-state index is -1.48. The highest BCUT2D eigenvalue weighted by molar-refractivity contribution is 5.73. The molecule has 0 aromatic carbocycles. The predicted octanol–water partition coefficient (Wildman–Crippen LogP) is 0.283. The van der Waals surface area contributed by atoms with E-state index >= 15 is 0 Å². The average molecular weight is 428 g/mol. The lowest BCUT2D eigenvalue weighted by atomic mass is 9.85. The third-order valence-electron chi connectivity index (χ3n) is 5.69. The number of amides is 2. The van der Waals surface area contributed by atoms with Gasteiger partial charge in [-0.3, -0.25) is 4.84 Å². The van der Waals surface area contributed by atoms with Crippen molar-refractivity contribution < 1.29 is 29.7 Å². The lowest BCUT2D eigenvalue weighted by Crippen LogP contribution is -2.68. The highest BCUT2D eigenvalue weighted by Gasteiger charge is 2.48. The van der Waals surface area contributed by atoms with Gasteiger partial charge in [0.25, 0.3) is 0 Å². The summed E-state index contributed by atoms with van der Waals surface area (Å²) in [5, 5.41) is 37.2. The molecule has 2 rings (SSSR count). The van der Waals surface area contributed by atoms with Crippen molar-refractivity contribution in [1.82, 2.24) is 15.4 Å². The van der Waals surface area contributed by atoms with E-state index in [1.54, 1.807) is 0 Å². The van der Waals surface area contributed by atoms with Gasteiger partial charge in [-0.2, -0.15) is 10.1 Å². The summed E-state index contributed by atoms with van der Waals surface area (Å²) < 4.78 is 5.76. The summed E-state index contributed by atoms with van der Waals surface area (Å²) in [5.41, 5.74) is 2.24. The second kappa shape index (κ2) is 10.9. The molecule has 30 heavy (non-hydrogen) atoms. The van der Waals surface area contributed by atoms with E-state index in [2.05, 4.69) is 23.3 Å². The molecule has 1 aliphatic carbocycles. The van der Waals surface area contributed by atoms with Gasteiger partial charge in [0.05, 0.1) is 19.0 Å². The van der Waals surface area contributed by atoms with E-state index in [0.717, 1.165) is 37.5 Å². The number of nitroso groups, excluding NO2 is 1. The molecule has 0 spiro atoms. The number of carbonyl (C=O) groups excluding carboxylic acids is 1. The van der Waals surface area contributed by atoms with Crippen molar-refractivity contribution in [3.63, 3.8) is 0 Å². The Morgan fingerprint density at radius 3 is 2.63 bits per heavy atom. The Bertz CT molecular complexity index is 659. The summed E-state index contributed by atoms with van der Waals surface area (Å²) in [6, 6.07) is -2.03. The van der Waals surface area contributed by atoms with Crippen LogP contribution < -0.4 is 5.32 Å². The van der Waals surface area contributed by atoms with Crippen molar-refractivity contribution in [3.8, 4) is 0 Å². The second-order valence-corrected chi connectivity index (χ2v) is 7.75. The fourth-order valence-corrected chi connectivity index (χ4v) is 3.71. The zero-order chi connectivity index (χ0) is 22.4. The Balaban J connectivity index is 2.21. The monoisotopic (exact) mass is 428 g/mol. The van der Waals surface area contributed by atoms with Gasteiger partial charge in [0.15, 0.2) is 6.23 Å². The fourth-order valence-electron chi connectivity index (χ4n) is 3.71. The molecule has 4 N–H and O–H groups in total. The molecule has 11 nitrogen and oxygen atoms in total. The van der Waals surface area contributed by atoms with Crippen LogP contribution in [0.1, 0.15) is 26.2 Å². The molecule has 0 unspecified atom stereocenters. The molecule has 1 fully saturated rings. The molecule has 0 aromatic heterocycles. The van der Waals surface area contributed by atoms with Crippen LogP contribution in [-0.2, 0) is 9.57 Å². The number of allylic oxidation sites excluding steroid dienone is 2. The van der Waals surface area contributed by atoms with Crippen LogP contribution in [0.3, 0.4) is 0 Å². The molecule has 0 saturated carbocycles. The molecule has 0 aromatic rings. The zero-order valence-electron chi connectivity index (χ0n) is 17.6. The standard InChI is InChI=1S/C19H32N4O7/c1-11(2)13-7-5-12(6-8-13)9-23(29-4)18-15(20-19(27)22(3)21-28)17(26)16(25)14(10-24)30-18/h5,13-18,24-26H,1,6-10H2,2-4H3,(H,20,27)/t13-,14-,15-,16-,17-,18-/m1/s1. The first-order valence-electron chi connectivity index (χ1n) is 9.87. The molecule has 1 saturated heterocycles. The van der Waals surface area contributed by atoms with Gasteiger partial charge >= 0.3 is 6.03 Å². The molecule has 1 heterocycles. The quantitative estimate of drug-likeness (QED) is 0.245. The molecule has 2 amide bonds. The molecule has 0 bridgehead atoms. The number of hydrogen-bond acceptors (Lipinski definition) is 9. The number of urea groups is 1. The van der Waals surface area contributed by atoms with Crippen LogP contribution in [0.5, 0.6) is 0 Å². The highest BCUT2D eigenvalue weighted by Crippen LogP contribution is 2.30. The van der Waals surface area contributed by atoms with Gasteiger partial charge in [0.2, 0.25) is 0 Å². The lowest BCUT2D eigenvalue weighted by molar-refractivity contribution is -0.301. The zero-order valence-corrected chi connectivity index (χ0v) is 17.6. The van der Waals surface area contributed by atoms with Crippen LogP contribution >= 0.6 is 0 Å². The molecule has 170 valence electrons. The van der Waals surface area contributed by atoms with Crippen molar-refractivity contribution >= 4 is 6.03 Å². The third-order valence-corrected chi connectivity index (χ3v) is 5.69. The van der Waals surface area contributed by atoms with Gasteiger partial charge in [0, 0.05) is 13.6 Å². The van der Waals surface area contributed by atoms with Gasteiger partial charge in [-0.15, -0.1) is 4.91 Å². The van der Waals surface area contributed by atoms with E-state index in [-0.39, 0.29) is 0 Å². The summed E-state index contributed by atoms with van der Waals surface area (Å²) in [6.45, 7) is 5.82. The summed E-state index contributed by atoms with van der Waals surface area (Å²) in [7, 11) is 2.58. The van der Waals surface area contributed by atoms with Crippen LogP contribution in [0.25, 0.3) is 0 Å². The molecule has 11 heteroatoms. The van der Waals surface area contributed by atoms with Crippen LogP contribution in [0.4, 0.5) is 4.79 Å². The summed E-state index contributed by atoms with van der Waals surface area (Å²) in [5.74, 6) is 0.435. The third kappa shape index (κ3) is 5.62. The Morgan fingerprint density at radius 2 is 2.13 bits per heavy atom. The maximum absolute atomic E-state index is 12.1. The summed E-state index contributed by atoms with van der Waals surface area (Å²) >= 11 is 0. The predicted molar refractivity (Wildman–Crippen MR) is 108 cm³/mol. The van der Waals surface area contributed by atoms with E-state index in [1.165, 1.54) is 12.2 Å². The molecular formula is C19H32N4O7. The van der Waals surface area contributed by atoms with Crippen LogP contribution in [0.2, 0.25) is 0 Å². The molecule has 2 aliphatic rings. The second-order valence-electron chi connectivity index (χ2n) is 7.75. The van der Waals surface area contributed by atoms with E-state index in [9.17, 15) is 25.0 Å². The minimum absolute atomic E-state index is 0.333. The number of rotatable bonds is 8. The van der Waals surface area contributed by atoms with Gasteiger partial charge in [-0.05, 0) is 32.1 Å². The maximum atomic E-state index is 12.1. The lowest BCUT2D eigenvalue weighted by Gasteiger charge is -2.46. The van der Waals surface area contributed by atoms with Gasteiger partial charge in [0.1, 0.15) is 24.4 Å². The topological polar surface area (TPSA) is 144 Å². The highest BCUT2D eigenvalue weighted by atomic mass is 16.7. The van der Waals surface area contributed by atoms with E-state index in [1.807, 2.05) is 6.92 Å². The first kappa shape index (κ1) is 24.4. The van der Waals surface area contributed by atoms with Gasteiger partial charge in [-0.25, -0.2) is 4.79 Å². The van der Waals surface area contributed by atoms with E-state index in [4.69, 9.17) is 9.57 Å². The van der Waals surface area contributed by atoms with Crippen molar-refractivity contribution in [2.45, 2.75) is 56.8 Å². The largest absolute Gasteiger partial charge is 0.394 e. The van der Waals surface area contributed by atoms with Gasteiger partial charge < -0.3 is 25.4 Å². The molecule has 6 atom stereocenters. The Kier molecular flexibility index (Phi) is 8.89.